The zero-order chi connectivity index (χ0) is 23.4. The van der Waals surface area contributed by atoms with E-state index in [0.29, 0.717) is 24.3 Å². The molecule has 0 aromatic heterocycles. The molecule has 0 aliphatic heterocycles. The zero-order valence-corrected chi connectivity index (χ0v) is 20.2. The molecule has 2 aromatic rings. The first-order valence-electron chi connectivity index (χ1n) is 6.82. The van der Waals surface area contributed by atoms with Gasteiger partial charge in [-0.25, -0.2) is 0 Å². The van der Waals surface area contributed by atoms with Crippen LogP contribution in [0.5, 0.6) is 0 Å². The van der Waals surface area contributed by atoms with Gasteiger partial charge in [-0.05, 0) is 67.3 Å². The summed E-state index contributed by atoms with van der Waals surface area (Å²) in [6.45, 7) is 0. The van der Waals surface area contributed by atoms with Gasteiger partial charge >= 0.3 is 0 Å². The summed E-state index contributed by atoms with van der Waals surface area (Å²) in [5.74, 6) is 0. The monoisotopic (exact) mass is 630 g/mol. The maximum atomic E-state index is 11.6. The summed E-state index contributed by atoms with van der Waals surface area (Å²) in [6.07, 6.45) is 0. The number of hydrogen-bond acceptors (Lipinski definition) is 8. The third-order valence-electron chi connectivity index (χ3n) is 3.46. The van der Waals surface area contributed by atoms with Crippen molar-refractivity contribution in [2.45, 2.75) is 19.6 Å². The Hall–Kier alpha value is -0.960. The molecule has 30 heavy (non-hydrogen) atoms. The van der Waals surface area contributed by atoms with Crippen molar-refractivity contribution in [1.82, 2.24) is 0 Å². The minimum Gasteiger partial charge on any atom is -0.282 e. The number of halogens is 2. The minimum absolute atomic E-state index is 0.527. The Bertz CT molecular complexity index is 1270. The normalized spacial score (nSPS) is 13.4. The average Bonchev–Trinajstić information content (AvgIpc) is 2.50. The summed E-state index contributed by atoms with van der Waals surface area (Å²) < 4.78 is 129. The van der Waals surface area contributed by atoms with Crippen LogP contribution in [0.15, 0.2) is 52.8 Å². The maximum Gasteiger partial charge on any atom is 0.295 e. The molecule has 0 radical (unpaired) electrons. The summed E-state index contributed by atoms with van der Waals surface area (Å²) in [7, 11) is -20.4. The van der Waals surface area contributed by atoms with Crippen molar-refractivity contribution in [2.24, 2.45) is 0 Å². The first-order valence-corrected chi connectivity index (χ1v) is 14.2. The Kier molecular flexibility index (Phi) is 6.64. The quantitative estimate of drug-likeness (QED) is 0.348. The lowest BCUT2D eigenvalue weighted by Gasteiger charge is -2.13. The lowest BCUT2D eigenvalue weighted by Crippen LogP contribution is -2.08. The highest BCUT2D eigenvalue weighted by molar-refractivity contribution is 9.10. The largest absolute Gasteiger partial charge is 0.295 e. The fourth-order valence-corrected chi connectivity index (χ4v) is 7.72. The molecule has 0 heterocycles. The van der Waals surface area contributed by atoms with Gasteiger partial charge in [0, 0.05) is 0 Å². The van der Waals surface area contributed by atoms with Crippen LogP contribution in [0.2, 0.25) is 0 Å². The molecule has 2 rings (SSSR count). The Morgan fingerprint density at radius 2 is 0.633 bits per heavy atom. The molecule has 0 unspecified atom stereocenters. The molecule has 0 aliphatic rings. The van der Waals surface area contributed by atoms with Crippen molar-refractivity contribution in [3.8, 4) is 11.1 Å². The van der Waals surface area contributed by atoms with Gasteiger partial charge in [-0.1, -0.05) is 0 Å². The molecule has 0 saturated heterocycles. The molecule has 0 spiro atoms. The zero-order valence-electron chi connectivity index (χ0n) is 13.8. The van der Waals surface area contributed by atoms with Crippen molar-refractivity contribution in [3.63, 3.8) is 0 Å². The molecule has 0 saturated carbocycles. The highest BCUT2D eigenvalue weighted by Gasteiger charge is 2.28. The summed E-state index contributed by atoms with van der Waals surface area (Å²) in [5.41, 5.74) is -1.05. The van der Waals surface area contributed by atoms with E-state index in [9.17, 15) is 51.9 Å². The van der Waals surface area contributed by atoms with Crippen molar-refractivity contribution >= 4 is 72.3 Å². The minimum atomic E-state index is -5.10. The second-order valence-electron chi connectivity index (χ2n) is 5.47. The summed E-state index contributed by atoms with van der Waals surface area (Å²) >= 11 is 5.21. The lowest BCUT2D eigenvalue weighted by molar-refractivity contribution is 0.475. The van der Waals surface area contributed by atoms with Gasteiger partial charge in [0.2, 0.25) is 0 Å². The van der Waals surface area contributed by atoms with Crippen molar-refractivity contribution in [1.29, 1.82) is 0 Å². The van der Waals surface area contributed by atoms with Gasteiger partial charge in [0.05, 0.1) is 8.95 Å². The topological polar surface area (TPSA) is 217 Å². The average molecular weight is 632 g/mol. The molecule has 0 fully saturated rings. The molecule has 18 heteroatoms. The Morgan fingerprint density at radius 3 is 0.767 bits per heavy atom. The van der Waals surface area contributed by atoms with Crippen LogP contribution in [0, 0.1) is 0 Å². The number of rotatable bonds is 5. The van der Waals surface area contributed by atoms with E-state index >= 15 is 0 Å². The van der Waals surface area contributed by atoms with Crippen molar-refractivity contribution < 1.29 is 51.9 Å². The van der Waals surface area contributed by atoms with E-state index in [1.165, 1.54) is 0 Å². The maximum absolute atomic E-state index is 11.6. The van der Waals surface area contributed by atoms with Crippen molar-refractivity contribution in [2.75, 3.05) is 0 Å². The standard InChI is InChI=1S/C12H8Br2O12S4/c13-11-7(27(15,16)17)1-5(2-8(11)28(18,19)20)6-3-9(29(21,22)23)12(14)10(4-6)30(24,25)26/h1-4H,(H,15,16,17)(H,18,19,20)(H,21,22,23)(H,24,25,26). The Labute approximate surface area is 187 Å². The molecule has 2 aromatic carbocycles. The van der Waals surface area contributed by atoms with E-state index in [1.807, 2.05) is 0 Å². The molecular formula is C12H8Br2O12S4. The van der Waals surface area contributed by atoms with Gasteiger partial charge in [-0.3, -0.25) is 18.2 Å². The van der Waals surface area contributed by atoms with E-state index in [1.54, 1.807) is 0 Å². The second-order valence-corrected chi connectivity index (χ2v) is 12.6. The van der Waals surface area contributed by atoms with Gasteiger partial charge in [-0.2, -0.15) is 33.7 Å². The van der Waals surface area contributed by atoms with Crippen LogP contribution in [0.4, 0.5) is 0 Å². The van der Waals surface area contributed by atoms with Gasteiger partial charge in [0.25, 0.3) is 40.5 Å². The predicted octanol–water partition coefficient (Wildman–Crippen LogP) is 1.87. The van der Waals surface area contributed by atoms with Crippen LogP contribution in [0.3, 0.4) is 0 Å². The van der Waals surface area contributed by atoms with E-state index in [-0.39, 0.29) is 0 Å². The first-order chi connectivity index (χ1) is 13.2. The molecule has 12 nitrogen and oxygen atoms in total. The smallest absolute Gasteiger partial charge is 0.282 e. The van der Waals surface area contributed by atoms with E-state index < -0.39 is 80.1 Å². The highest BCUT2D eigenvalue weighted by Crippen LogP contribution is 2.38. The van der Waals surface area contributed by atoms with Crippen LogP contribution in [-0.4, -0.2) is 51.9 Å². The second kappa shape index (κ2) is 7.87. The van der Waals surface area contributed by atoms with Gasteiger partial charge in [0.15, 0.2) is 0 Å². The summed E-state index contributed by atoms with van der Waals surface area (Å²) in [4.78, 5) is -4.29. The molecule has 0 bridgehead atoms. The summed E-state index contributed by atoms with van der Waals surface area (Å²) in [6, 6.07) is 2.50. The first kappa shape index (κ1) is 25.3. The highest BCUT2D eigenvalue weighted by atomic mass is 79.9. The molecule has 0 aliphatic carbocycles. The third-order valence-corrected chi connectivity index (χ3v) is 9.73. The van der Waals surface area contributed by atoms with Gasteiger partial charge in [0.1, 0.15) is 19.6 Å². The van der Waals surface area contributed by atoms with Gasteiger partial charge < -0.3 is 0 Å². The number of hydrogen-bond donors (Lipinski definition) is 4. The molecule has 0 amide bonds. The van der Waals surface area contributed by atoms with E-state index in [4.69, 9.17) is 0 Å². The van der Waals surface area contributed by atoms with E-state index in [2.05, 4.69) is 31.9 Å². The predicted molar refractivity (Wildman–Crippen MR) is 107 cm³/mol. The van der Waals surface area contributed by atoms with Crippen LogP contribution in [0.25, 0.3) is 11.1 Å². The fourth-order valence-electron chi connectivity index (χ4n) is 2.23. The van der Waals surface area contributed by atoms with Crippen LogP contribution >= 0.6 is 31.9 Å². The molecule has 4 N–H and O–H groups in total. The van der Waals surface area contributed by atoms with Crippen LogP contribution < -0.4 is 0 Å². The Balaban J connectivity index is 3.12. The molecule has 0 atom stereocenters. The SMILES string of the molecule is O=S(=O)(O)c1cc(-c2cc(S(=O)(=O)O)c(Br)c(S(=O)(=O)O)c2)cc(S(=O)(=O)O)c1Br. The lowest BCUT2D eigenvalue weighted by atomic mass is 10.1. The fraction of sp³-hybridized carbons (Fsp3) is 0. The number of benzene rings is 2. The van der Waals surface area contributed by atoms with Crippen LogP contribution in [-0.2, 0) is 40.5 Å². The van der Waals surface area contributed by atoms with E-state index in [0.717, 1.165) is 0 Å². The third kappa shape index (κ3) is 5.26. The molecule has 166 valence electrons. The Morgan fingerprint density at radius 1 is 0.467 bits per heavy atom. The molecular weight excluding hydrogens is 624 g/mol. The van der Waals surface area contributed by atoms with Crippen molar-refractivity contribution in [3.05, 3.63) is 33.2 Å². The summed E-state index contributed by atoms with van der Waals surface area (Å²) in [5, 5.41) is 0. The van der Waals surface area contributed by atoms with Gasteiger partial charge in [-0.15, -0.1) is 0 Å². The van der Waals surface area contributed by atoms with Crippen LogP contribution in [0.1, 0.15) is 0 Å².